The van der Waals surface area contributed by atoms with E-state index < -0.39 is 60.5 Å². The number of esters is 6. The Labute approximate surface area is 267 Å². The average molecular weight is 657 g/mol. The molecule has 0 aliphatic heterocycles. The first-order valence-electron chi connectivity index (χ1n) is 14.8. The summed E-state index contributed by atoms with van der Waals surface area (Å²) in [5.74, 6) is -4.71. The molecular weight excluding hydrogens is 612 g/mol. The number of ether oxygens (including phenoxy) is 6. The van der Waals surface area contributed by atoms with E-state index in [1.54, 1.807) is 0 Å². The van der Waals surface area contributed by atoms with Crippen molar-refractivity contribution in [2.75, 3.05) is 52.7 Å². The number of amides is 2. The van der Waals surface area contributed by atoms with Crippen LogP contribution in [0.4, 0.5) is 0 Å². The van der Waals surface area contributed by atoms with E-state index in [-0.39, 0.29) is 65.6 Å². The maximum atomic E-state index is 11.8. The lowest BCUT2D eigenvalue weighted by molar-refractivity contribution is -0.150. The molecule has 0 aromatic rings. The fourth-order valence-corrected chi connectivity index (χ4v) is 3.22. The fourth-order valence-electron chi connectivity index (χ4n) is 3.22. The molecule has 0 heterocycles. The highest BCUT2D eigenvalue weighted by atomic mass is 16.6. The Hall–Kier alpha value is -4.76. The van der Waals surface area contributed by atoms with E-state index >= 15 is 0 Å². The highest BCUT2D eigenvalue weighted by Gasteiger charge is 2.13. The number of nitrogens with one attached hydrogen (secondary N) is 2. The minimum atomic E-state index is -0.721. The van der Waals surface area contributed by atoms with Crippen LogP contribution in [-0.2, 0) is 66.8 Å². The molecule has 0 aromatic heterocycles. The van der Waals surface area contributed by atoms with Crippen molar-refractivity contribution in [2.45, 2.75) is 64.2 Å². The topological polar surface area (TPSA) is 216 Å². The summed E-state index contributed by atoms with van der Waals surface area (Å²) >= 11 is 0. The summed E-state index contributed by atoms with van der Waals surface area (Å²) in [5.41, 5.74) is 0. The van der Waals surface area contributed by atoms with E-state index in [4.69, 9.17) is 18.9 Å². The molecule has 0 spiro atoms. The summed E-state index contributed by atoms with van der Waals surface area (Å²) in [5, 5.41) is 4.90. The van der Waals surface area contributed by atoms with E-state index in [0.717, 1.165) is 12.2 Å². The molecule has 0 unspecified atom stereocenters. The maximum absolute atomic E-state index is 11.8. The van der Waals surface area contributed by atoms with Gasteiger partial charge < -0.3 is 39.1 Å². The van der Waals surface area contributed by atoms with Gasteiger partial charge in [0.05, 0.1) is 13.2 Å². The van der Waals surface area contributed by atoms with Gasteiger partial charge in [-0.25, -0.2) is 9.59 Å². The molecule has 16 heteroatoms. The lowest BCUT2D eigenvalue weighted by Gasteiger charge is -2.08. The predicted molar refractivity (Wildman–Crippen MR) is 158 cm³/mol. The number of carbonyl (C=O) groups is 8. The number of hydrogen-bond acceptors (Lipinski definition) is 14. The summed E-state index contributed by atoms with van der Waals surface area (Å²) in [7, 11) is 0. The molecule has 46 heavy (non-hydrogen) atoms. The Morgan fingerprint density at radius 1 is 0.435 bits per heavy atom. The summed E-state index contributed by atoms with van der Waals surface area (Å²) in [6.07, 6.45) is 4.49. The van der Waals surface area contributed by atoms with E-state index in [1.807, 2.05) is 0 Å². The van der Waals surface area contributed by atoms with Crippen molar-refractivity contribution in [3.8, 4) is 0 Å². The first kappa shape index (κ1) is 41.2. The minimum Gasteiger partial charge on any atom is -0.465 e. The molecule has 16 nitrogen and oxygen atoms in total. The summed E-state index contributed by atoms with van der Waals surface area (Å²) in [6, 6.07) is 0. The van der Waals surface area contributed by atoms with E-state index in [0.29, 0.717) is 38.5 Å². The third-order valence-corrected chi connectivity index (χ3v) is 5.47. The highest BCUT2D eigenvalue weighted by molar-refractivity contribution is 5.95. The Kier molecular flexibility index (Phi) is 24.9. The van der Waals surface area contributed by atoms with Crippen molar-refractivity contribution in [3.63, 3.8) is 0 Å². The molecule has 0 radical (unpaired) electrons. The van der Waals surface area contributed by atoms with Gasteiger partial charge in [-0.05, 0) is 38.5 Å². The van der Waals surface area contributed by atoms with Crippen molar-refractivity contribution >= 4 is 47.6 Å². The molecular formula is C30H44N2O14. The summed E-state index contributed by atoms with van der Waals surface area (Å²) in [4.78, 5) is 92.1. The zero-order valence-corrected chi connectivity index (χ0v) is 26.0. The van der Waals surface area contributed by atoms with Crippen molar-refractivity contribution in [1.82, 2.24) is 10.6 Å². The van der Waals surface area contributed by atoms with Gasteiger partial charge >= 0.3 is 35.8 Å². The van der Waals surface area contributed by atoms with Crippen molar-refractivity contribution < 1.29 is 66.8 Å². The number of hydrogen-bond donors (Lipinski definition) is 2. The van der Waals surface area contributed by atoms with Gasteiger partial charge in [-0.15, -0.1) is 0 Å². The molecule has 0 aromatic carbocycles. The first-order valence-corrected chi connectivity index (χ1v) is 14.8. The molecule has 258 valence electrons. The zero-order valence-electron chi connectivity index (χ0n) is 26.0. The number of unbranched alkanes of at least 4 members (excludes halogenated alkanes) is 4. The molecule has 2 amide bonds. The molecule has 0 atom stereocenters. The molecule has 0 rings (SSSR count). The molecule has 0 aliphatic carbocycles. The van der Waals surface area contributed by atoms with Crippen LogP contribution >= 0.6 is 0 Å². The Bertz CT molecular complexity index is 947. The smallest absolute Gasteiger partial charge is 0.330 e. The number of rotatable bonds is 27. The van der Waals surface area contributed by atoms with Gasteiger partial charge in [0.2, 0.25) is 11.8 Å². The molecule has 0 fully saturated rings. The number of carbonyl (C=O) groups excluding carboxylic acids is 8. The van der Waals surface area contributed by atoms with Crippen molar-refractivity contribution in [3.05, 3.63) is 25.3 Å². The van der Waals surface area contributed by atoms with Gasteiger partial charge in [-0.1, -0.05) is 13.2 Å². The second-order valence-electron chi connectivity index (χ2n) is 9.30. The highest BCUT2D eigenvalue weighted by Crippen LogP contribution is 2.04. The van der Waals surface area contributed by atoms with Crippen LogP contribution in [0.25, 0.3) is 0 Å². The molecule has 0 bridgehead atoms. The van der Waals surface area contributed by atoms with Gasteiger partial charge in [0.15, 0.2) is 0 Å². The minimum absolute atomic E-state index is 0.0299. The molecule has 0 aliphatic rings. The van der Waals surface area contributed by atoms with Crippen LogP contribution < -0.4 is 10.6 Å². The van der Waals surface area contributed by atoms with Crippen LogP contribution in [0.5, 0.6) is 0 Å². The largest absolute Gasteiger partial charge is 0.465 e. The van der Waals surface area contributed by atoms with Gasteiger partial charge in [0.25, 0.3) is 0 Å². The van der Waals surface area contributed by atoms with Crippen LogP contribution in [0.3, 0.4) is 0 Å². The Balaban J connectivity index is 3.68. The quantitative estimate of drug-likeness (QED) is 0.0410. The monoisotopic (exact) mass is 656 g/mol. The lowest BCUT2D eigenvalue weighted by atomic mass is 10.2. The third kappa shape index (κ3) is 26.8. The van der Waals surface area contributed by atoms with Crippen LogP contribution in [0.1, 0.15) is 64.2 Å². The summed E-state index contributed by atoms with van der Waals surface area (Å²) < 4.78 is 29.1. The van der Waals surface area contributed by atoms with Gasteiger partial charge in [0.1, 0.15) is 39.3 Å². The standard InChI is InChI=1S/C30H44N2O14/c1-3-25(35)43-17-19-45-27(37)11-7-5-9-15-41-29(39)21-23(33)31-13-14-32-24(34)22-30(40)42-16-10-6-8-12-28(38)46-20-18-44-26(36)4-2/h3-4H,1-2,5-22H2,(H,31,33)(H,32,34). The molecule has 0 saturated carbocycles. The molecule has 0 saturated heterocycles. The lowest BCUT2D eigenvalue weighted by Crippen LogP contribution is -2.36. The van der Waals surface area contributed by atoms with Crippen LogP contribution in [-0.4, -0.2) is 100 Å². The zero-order chi connectivity index (χ0) is 34.4. The average Bonchev–Trinajstić information content (AvgIpc) is 3.02. The van der Waals surface area contributed by atoms with Gasteiger partial charge in [-0.2, -0.15) is 0 Å². The van der Waals surface area contributed by atoms with Crippen LogP contribution in [0.2, 0.25) is 0 Å². The van der Waals surface area contributed by atoms with Crippen LogP contribution in [0, 0.1) is 0 Å². The third-order valence-electron chi connectivity index (χ3n) is 5.47. The second kappa shape index (κ2) is 27.8. The van der Waals surface area contributed by atoms with Crippen molar-refractivity contribution in [2.24, 2.45) is 0 Å². The maximum Gasteiger partial charge on any atom is 0.330 e. The van der Waals surface area contributed by atoms with Gasteiger partial charge in [-0.3, -0.25) is 28.8 Å². The van der Waals surface area contributed by atoms with Crippen LogP contribution in [0.15, 0.2) is 25.3 Å². The van der Waals surface area contributed by atoms with E-state index in [9.17, 15) is 38.4 Å². The SMILES string of the molecule is C=CC(=O)OCCOC(=O)CCCCCOC(=O)CC(=O)NCCNC(=O)CC(=O)OCCCCCC(=O)OCCOC(=O)C=C. The van der Waals surface area contributed by atoms with E-state index in [1.165, 1.54) is 0 Å². The Morgan fingerprint density at radius 2 is 0.783 bits per heavy atom. The van der Waals surface area contributed by atoms with Gasteiger partial charge in [0, 0.05) is 38.1 Å². The first-order chi connectivity index (χ1) is 22.1. The normalized spacial score (nSPS) is 10.0. The van der Waals surface area contributed by atoms with Crippen molar-refractivity contribution in [1.29, 1.82) is 0 Å². The second-order valence-corrected chi connectivity index (χ2v) is 9.30. The Morgan fingerprint density at radius 3 is 1.15 bits per heavy atom. The predicted octanol–water partition coefficient (Wildman–Crippen LogP) is 0.751. The fraction of sp³-hybridized carbons (Fsp3) is 0.600. The van der Waals surface area contributed by atoms with E-state index in [2.05, 4.69) is 33.3 Å². The summed E-state index contributed by atoms with van der Waals surface area (Å²) in [6.45, 7) is 6.50. The molecule has 2 N–H and O–H groups in total.